The van der Waals surface area contributed by atoms with Crippen LogP contribution in [0.2, 0.25) is 0 Å². The molecule has 0 atom stereocenters. The standard InChI is InChI=1S/C19H19NOS/c1-12-10-17-13(2)14(3)22-19(17)11-18(12)20(15(4)21)16-8-6-5-7-9-16/h5-11H,1-4H3. The number of para-hydroxylation sites is 1. The molecule has 22 heavy (non-hydrogen) atoms. The van der Waals surface area contributed by atoms with Crippen LogP contribution in [0.25, 0.3) is 10.1 Å². The summed E-state index contributed by atoms with van der Waals surface area (Å²) in [6, 6.07) is 14.2. The second-order valence-electron chi connectivity index (χ2n) is 5.61. The molecule has 0 aliphatic rings. The summed E-state index contributed by atoms with van der Waals surface area (Å²) < 4.78 is 1.23. The first kappa shape index (κ1) is 14.8. The first-order valence-electron chi connectivity index (χ1n) is 7.35. The molecular formula is C19H19NOS. The van der Waals surface area contributed by atoms with Crippen molar-refractivity contribution < 1.29 is 4.79 Å². The van der Waals surface area contributed by atoms with Gasteiger partial charge >= 0.3 is 0 Å². The number of carbonyl (C=O) groups excluding carboxylic acids is 1. The third-order valence-corrected chi connectivity index (χ3v) is 5.23. The average molecular weight is 309 g/mol. The van der Waals surface area contributed by atoms with Crippen molar-refractivity contribution in [2.75, 3.05) is 4.90 Å². The lowest BCUT2D eigenvalue weighted by Crippen LogP contribution is -2.23. The normalized spacial score (nSPS) is 10.9. The molecule has 0 saturated carbocycles. The van der Waals surface area contributed by atoms with Crippen LogP contribution in [-0.4, -0.2) is 5.91 Å². The van der Waals surface area contributed by atoms with Crippen LogP contribution in [0.5, 0.6) is 0 Å². The Labute approximate surface area is 135 Å². The molecule has 3 heteroatoms. The molecule has 3 rings (SSSR count). The Kier molecular flexibility index (Phi) is 3.75. The van der Waals surface area contributed by atoms with E-state index in [1.54, 1.807) is 23.2 Å². The van der Waals surface area contributed by atoms with Crippen LogP contribution < -0.4 is 4.90 Å². The van der Waals surface area contributed by atoms with Gasteiger partial charge in [-0.05, 0) is 61.5 Å². The van der Waals surface area contributed by atoms with E-state index in [0.717, 1.165) is 16.9 Å². The number of anilines is 2. The van der Waals surface area contributed by atoms with E-state index in [0.29, 0.717) is 0 Å². The molecule has 0 bridgehead atoms. The van der Waals surface area contributed by atoms with Gasteiger partial charge in [-0.15, -0.1) is 11.3 Å². The number of hydrogen-bond acceptors (Lipinski definition) is 2. The minimum atomic E-state index is 0.0265. The molecule has 0 fully saturated rings. The Hall–Kier alpha value is -2.13. The highest BCUT2D eigenvalue weighted by molar-refractivity contribution is 7.19. The number of nitrogens with zero attached hydrogens (tertiary/aromatic N) is 1. The summed E-state index contributed by atoms with van der Waals surface area (Å²) in [4.78, 5) is 15.4. The molecule has 3 aromatic rings. The molecule has 0 radical (unpaired) electrons. The molecular weight excluding hydrogens is 290 g/mol. The second-order valence-corrected chi connectivity index (χ2v) is 6.86. The third kappa shape index (κ3) is 2.42. The zero-order chi connectivity index (χ0) is 15.9. The smallest absolute Gasteiger partial charge is 0.228 e. The van der Waals surface area contributed by atoms with Gasteiger partial charge in [0.2, 0.25) is 5.91 Å². The van der Waals surface area contributed by atoms with Crippen LogP contribution in [0.15, 0.2) is 42.5 Å². The van der Waals surface area contributed by atoms with Gasteiger partial charge in [0, 0.05) is 22.2 Å². The van der Waals surface area contributed by atoms with E-state index in [1.807, 2.05) is 30.3 Å². The van der Waals surface area contributed by atoms with Crippen molar-refractivity contribution in [2.45, 2.75) is 27.7 Å². The minimum absolute atomic E-state index is 0.0265. The first-order chi connectivity index (χ1) is 10.5. The third-order valence-electron chi connectivity index (χ3n) is 4.06. The van der Waals surface area contributed by atoms with Crippen molar-refractivity contribution in [1.82, 2.24) is 0 Å². The SMILES string of the molecule is CC(=O)N(c1ccccc1)c1cc2sc(C)c(C)c2cc1C. The van der Waals surface area contributed by atoms with E-state index in [-0.39, 0.29) is 5.91 Å². The number of amides is 1. The van der Waals surface area contributed by atoms with Crippen LogP contribution in [-0.2, 0) is 4.79 Å². The maximum atomic E-state index is 12.2. The van der Waals surface area contributed by atoms with Crippen LogP contribution in [0.3, 0.4) is 0 Å². The molecule has 0 unspecified atom stereocenters. The van der Waals surface area contributed by atoms with E-state index in [1.165, 1.54) is 20.5 Å². The van der Waals surface area contributed by atoms with E-state index >= 15 is 0 Å². The number of carbonyl (C=O) groups is 1. The zero-order valence-electron chi connectivity index (χ0n) is 13.3. The number of fused-ring (bicyclic) bond motifs is 1. The van der Waals surface area contributed by atoms with Crippen molar-refractivity contribution >= 4 is 38.7 Å². The van der Waals surface area contributed by atoms with Gasteiger partial charge in [0.25, 0.3) is 0 Å². The summed E-state index contributed by atoms with van der Waals surface area (Å²) in [5, 5.41) is 1.29. The summed E-state index contributed by atoms with van der Waals surface area (Å²) in [7, 11) is 0. The molecule has 112 valence electrons. The quantitative estimate of drug-likeness (QED) is 0.611. The first-order valence-corrected chi connectivity index (χ1v) is 8.17. The summed E-state index contributed by atoms with van der Waals surface area (Å²) in [6.45, 7) is 7.99. The highest BCUT2D eigenvalue weighted by Crippen LogP contribution is 2.37. The lowest BCUT2D eigenvalue weighted by Gasteiger charge is -2.23. The van der Waals surface area contributed by atoms with Gasteiger partial charge < -0.3 is 0 Å². The van der Waals surface area contributed by atoms with Gasteiger partial charge in [-0.25, -0.2) is 0 Å². The van der Waals surface area contributed by atoms with Crippen molar-refractivity contribution in [3.8, 4) is 0 Å². The maximum Gasteiger partial charge on any atom is 0.228 e. The lowest BCUT2D eigenvalue weighted by molar-refractivity contribution is -0.115. The number of benzene rings is 2. The van der Waals surface area contributed by atoms with Crippen molar-refractivity contribution in [2.24, 2.45) is 0 Å². The molecule has 1 aromatic heterocycles. The van der Waals surface area contributed by atoms with Gasteiger partial charge in [-0.1, -0.05) is 18.2 Å². The highest BCUT2D eigenvalue weighted by atomic mass is 32.1. The number of hydrogen-bond donors (Lipinski definition) is 0. The molecule has 0 aliphatic heterocycles. The fourth-order valence-electron chi connectivity index (χ4n) is 2.79. The molecule has 0 N–H and O–H groups in total. The van der Waals surface area contributed by atoms with Gasteiger partial charge in [-0.2, -0.15) is 0 Å². The number of thiophene rings is 1. The number of rotatable bonds is 2. The fraction of sp³-hybridized carbons (Fsp3) is 0.211. The Morgan fingerprint density at radius 2 is 1.73 bits per heavy atom. The van der Waals surface area contributed by atoms with Crippen LogP contribution in [0, 0.1) is 20.8 Å². The highest BCUT2D eigenvalue weighted by Gasteiger charge is 2.18. The van der Waals surface area contributed by atoms with Crippen molar-refractivity contribution in [3.63, 3.8) is 0 Å². The van der Waals surface area contributed by atoms with Gasteiger partial charge in [0.15, 0.2) is 0 Å². The zero-order valence-corrected chi connectivity index (χ0v) is 14.1. The lowest BCUT2D eigenvalue weighted by atomic mass is 10.1. The van der Waals surface area contributed by atoms with Crippen molar-refractivity contribution in [3.05, 3.63) is 58.5 Å². The summed E-state index contributed by atoms with van der Waals surface area (Å²) >= 11 is 1.79. The van der Waals surface area contributed by atoms with Crippen molar-refractivity contribution in [1.29, 1.82) is 0 Å². The summed E-state index contributed by atoms with van der Waals surface area (Å²) in [6.07, 6.45) is 0. The van der Waals surface area contributed by atoms with Gasteiger partial charge in [0.1, 0.15) is 0 Å². The van der Waals surface area contributed by atoms with E-state index in [4.69, 9.17) is 0 Å². The van der Waals surface area contributed by atoms with E-state index in [9.17, 15) is 4.79 Å². The minimum Gasteiger partial charge on any atom is -0.281 e. The average Bonchev–Trinajstić information content (AvgIpc) is 2.76. The Morgan fingerprint density at radius 1 is 1.05 bits per heavy atom. The van der Waals surface area contributed by atoms with Crippen LogP contribution >= 0.6 is 11.3 Å². The molecule has 0 aliphatic carbocycles. The molecule has 2 nitrogen and oxygen atoms in total. The largest absolute Gasteiger partial charge is 0.281 e. The molecule has 0 spiro atoms. The predicted molar refractivity (Wildman–Crippen MR) is 95.3 cm³/mol. The van der Waals surface area contributed by atoms with E-state index in [2.05, 4.69) is 32.9 Å². The van der Waals surface area contributed by atoms with Gasteiger partial charge in [0.05, 0.1) is 5.69 Å². The Bertz CT molecular complexity index is 849. The summed E-state index contributed by atoms with van der Waals surface area (Å²) in [5.41, 5.74) is 4.33. The van der Waals surface area contributed by atoms with Gasteiger partial charge in [-0.3, -0.25) is 9.69 Å². The topological polar surface area (TPSA) is 20.3 Å². The second kappa shape index (κ2) is 5.58. The maximum absolute atomic E-state index is 12.2. The Balaban J connectivity index is 2.22. The molecule has 1 amide bonds. The molecule has 0 saturated heterocycles. The fourth-order valence-corrected chi connectivity index (χ4v) is 3.88. The van der Waals surface area contributed by atoms with Crippen LogP contribution in [0.1, 0.15) is 22.9 Å². The number of aryl methyl sites for hydroxylation is 3. The summed E-state index contributed by atoms with van der Waals surface area (Å²) in [5.74, 6) is 0.0265. The Morgan fingerprint density at radius 3 is 2.36 bits per heavy atom. The molecule has 1 heterocycles. The molecule has 2 aromatic carbocycles. The van der Waals surface area contributed by atoms with Crippen LogP contribution in [0.4, 0.5) is 11.4 Å². The van der Waals surface area contributed by atoms with E-state index < -0.39 is 0 Å². The monoisotopic (exact) mass is 309 g/mol. The predicted octanol–water partition coefficient (Wildman–Crippen LogP) is 5.51.